The Hall–Kier alpha value is -0.750. The molecule has 136 valence electrons. The van der Waals surface area contributed by atoms with Crippen LogP contribution in [0.3, 0.4) is 0 Å². The third kappa shape index (κ3) is 7.18. The molecule has 0 amide bonds. The Bertz CT molecular complexity index is 665. The van der Waals surface area contributed by atoms with Crippen LogP contribution in [0.1, 0.15) is 43.4 Å². The number of hydrogen-bond acceptors (Lipinski definition) is 4. The number of rotatable bonds is 9. The topological polar surface area (TPSA) is 27.1 Å². The predicted molar refractivity (Wildman–Crippen MR) is 112 cm³/mol. The van der Waals surface area contributed by atoms with Gasteiger partial charge in [0.25, 0.3) is 0 Å². The van der Waals surface area contributed by atoms with E-state index in [1.165, 1.54) is 31.0 Å². The lowest BCUT2D eigenvalue weighted by atomic mass is 10.1. The normalized spacial score (nSPS) is 12.1. The van der Waals surface area contributed by atoms with Gasteiger partial charge in [0.2, 0.25) is 4.38 Å². The second-order valence-corrected chi connectivity index (χ2v) is 8.34. The van der Waals surface area contributed by atoms with Gasteiger partial charge in [0.1, 0.15) is 0 Å². The van der Waals surface area contributed by atoms with E-state index in [4.69, 9.17) is 40.2 Å². The van der Waals surface area contributed by atoms with Crippen LogP contribution in [0.15, 0.2) is 36.9 Å². The Balaban J connectivity index is 2.00. The molecule has 2 aromatic rings. The van der Waals surface area contributed by atoms with Crippen LogP contribution in [0.25, 0.3) is 0 Å². The summed E-state index contributed by atoms with van der Waals surface area (Å²) in [5, 5.41) is 1.29. The molecule has 0 aliphatic rings. The monoisotopic (exact) mass is 416 g/mol. The van der Waals surface area contributed by atoms with E-state index < -0.39 is 0 Å². The molecule has 25 heavy (non-hydrogen) atoms. The van der Waals surface area contributed by atoms with Gasteiger partial charge < -0.3 is 9.30 Å². The average molecular weight is 417 g/mol. The summed E-state index contributed by atoms with van der Waals surface area (Å²) < 4.78 is 8.28. The number of ether oxygens (including phenoxy) is 1. The second-order valence-electron chi connectivity index (χ2n) is 5.69. The van der Waals surface area contributed by atoms with Crippen LogP contribution in [-0.4, -0.2) is 20.5 Å². The minimum Gasteiger partial charge on any atom is -0.479 e. The molecule has 1 heterocycles. The van der Waals surface area contributed by atoms with Gasteiger partial charge in [0, 0.05) is 29.0 Å². The summed E-state index contributed by atoms with van der Waals surface area (Å²) in [7, 11) is 0. The molecule has 2 rings (SSSR count). The third-order valence-electron chi connectivity index (χ3n) is 3.70. The van der Waals surface area contributed by atoms with Crippen LogP contribution < -0.4 is 0 Å². The molecular weight excluding hydrogens is 395 g/mol. The first-order valence-electron chi connectivity index (χ1n) is 8.34. The first-order valence-corrected chi connectivity index (χ1v) is 10.4. The highest BCUT2D eigenvalue weighted by molar-refractivity contribution is 8.22. The fourth-order valence-corrected chi connectivity index (χ4v) is 4.38. The van der Waals surface area contributed by atoms with Crippen LogP contribution in [0, 0.1) is 0 Å². The lowest BCUT2D eigenvalue weighted by Gasteiger charge is -2.19. The first kappa shape index (κ1) is 20.6. The molecule has 0 spiro atoms. The lowest BCUT2D eigenvalue weighted by molar-refractivity contribution is 0.308. The SMILES string of the molecule is CCCCCCOC(=S)SC(Cn1ccnc1)c1ccc(Cl)cc1Cl. The quantitative estimate of drug-likeness (QED) is 0.342. The van der Waals surface area contributed by atoms with E-state index in [2.05, 4.69) is 11.9 Å². The fraction of sp³-hybridized carbons (Fsp3) is 0.444. The highest BCUT2D eigenvalue weighted by Gasteiger charge is 2.19. The Labute approximate surface area is 169 Å². The van der Waals surface area contributed by atoms with Crippen LogP contribution >= 0.6 is 47.2 Å². The zero-order valence-electron chi connectivity index (χ0n) is 14.2. The second kappa shape index (κ2) is 11.1. The number of nitrogens with zero attached hydrogens (tertiary/aromatic N) is 2. The van der Waals surface area contributed by atoms with Crippen molar-refractivity contribution in [2.24, 2.45) is 0 Å². The molecule has 0 aliphatic carbocycles. The molecule has 0 aliphatic heterocycles. The van der Waals surface area contributed by atoms with Gasteiger partial charge in [-0.25, -0.2) is 4.98 Å². The molecule has 0 saturated heterocycles. The summed E-state index contributed by atoms with van der Waals surface area (Å²) in [4.78, 5) is 4.10. The number of unbranched alkanes of at least 4 members (excludes halogenated alkanes) is 3. The Morgan fingerprint density at radius 3 is 2.84 bits per heavy atom. The number of hydrogen-bond donors (Lipinski definition) is 0. The van der Waals surface area contributed by atoms with Gasteiger partial charge in [-0.3, -0.25) is 0 Å². The Kier molecular flexibility index (Phi) is 9.10. The number of halogens is 2. The number of aromatic nitrogens is 2. The summed E-state index contributed by atoms with van der Waals surface area (Å²) in [5.41, 5.74) is 0.988. The molecule has 0 saturated carbocycles. The molecule has 1 aromatic carbocycles. The van der Waals surface area contributed by atoms with E-state index in [0.717, 1.165) is 12.0 Å². The molecule has 0 fully saturated rings. The third-order valence-corrected chi connectivity index (χ3v) is 5.67. The molecule has 7 heteroatoms. The van der Waals surface area contributed by atoms with Gasteiger partial charge in [-0.05, 0) is 36.3 Å². The van der Waals surface area contributed by atoms with E-state index in [1.807, 2.05) is 22.9 Å². The molecule has 1 unspecified atom stereocenters. The van der Waals surface area contributed by atoms with Gasteiger partial charge >= 0.3 is 0 Å². The van der Waals surface area contributed by atoms with Crippen molar-refractivity contribution in [1.82, 2.24) is 9.55 Å². The van der Waals surface area contributed by atoms with Crippen LogP contribution in [0.4, 0.5) is 0 Å². The standard InChI is InChI=1S/C18H22Cl2N2OS2/c1-2-3-4-5-10-23-18(24)25-17(12-22-9-8-21-13-22)15-7-6-14(19)11-16(15)20/h6-9,11,13,17H,2-5,10,12H2,1H3. The predicted octanol–water partition coefficient (Wildman–Crippen LogP) is 6.55. The maximum atomic E-state index is 6.40. The van der Waals surface area contributed by atoms with E-state index in [0.29, 0.717) is 27.6 Å². The highest BCUT2D eigenvalue weighted by Crippen LogP contribution is 2.37. The molecule has 0 bridgehead atoms. The maximum Gasteiger partial charge on any atom is 0.220 e. The minimum atomic E-state index is 0.0297. The van der Waals surface area contributed by atoms with Gasteiger partial charge in [0.05, 0.1) is 18.2 Å². The number of thiocarbonyl (C=S) groups is 1. The molecular formula is C18H22Cl2N2OS2. The first-order chi connectivity index (χ1) is 12.1. The summed E-state index contributed by atoms with van der Waals surface area (Å²) in [5.74, 6) is 0. The zero-order valence-corrected chi connectivity index (χ0v) is 17.3. The highest BCUT2D eigenvalue weighted by atomic mass is 35.5. The fourth-order valence-electron chi connectivity index (χ4n) is 2.38. The summed E-state index contributed by atoms with van der Waals surface area (Å²) in [6, 6.07) is 5.55. The lowest BCUT2D eigenvalue weighted by Crippen LogP contribution is -2.09. The van der Waals surface area contributed by atoms with Crippen LogP contribution in [-0.2, 0) is 11.3 Å². The smallest absolute Gasteiger partial charge is 0.220 e. The Morgan fingerprint density at radius 2 is 2.16 bits per heavy atom. The Morgan fingerprint density at radius 1 is 1.32 bits per heavy atom. The van der Waals surface area contributed by atoms with Crippen molar-refractivity contribution in [2.75, 3.05) is 6.61 Å². The van der Waals surface area contributed by atoms with Gasteiger partial charge in [-0.2, -0.15) is 0 Å². The molecule has 0 N–H and O–H groups in total. The van der Waals surface area contributed by atoms with Crippen molar-refractivity contribution < 1.29 is 4.74 Å². The summed E-state index contributed by atoms with van der Waals surface area (Å²) >= 11 is 19.4. The molecule has 3 nitrogen and oxygen atoms in total. The van der Waals surface area contributed by atoms with Crippen molar-refractivity contribution in [3.63, 3.8) is 0 Å². The van der Waals surface area contributed by atoms with E-state index in [1.54, 1.807) is 18.6 Å². The largest absolute Gasteiger partial charge is 0.479 e. The van der Waals surface area contributed by atoms with Crippen molar-refractivity contribution in [1.29, 1.82) is 0 Å². The van der Waals surface area contributed by atoms with Crippen molar-refractivity contribution in [2.45, 2.75) is 44.4 Å². The van der Waals surface area contributed by atoms with Gasteiger partial charge in [-0.1, -0.05) is 67.2 Å². The molecule has 1 atom stereocenters. The van der Waals surface area contributed by atoms with E-state index >= 15 is 0 Å². The van der Waals surface area contributed by atoms with Gasteiger partial charge in [0.15, 0.2) is 0 Å². The molecule has 1 aromatic heterocycles. The van der Waals surface area contributed by atoms with Gasteiger partial charge in [-0.15, -0.1) is 0 Å². The number of thioether (sulfide) groups is 1. The maximum absolute atomic E-state index is 6.40. The van der Waals surface area contributed by atoms with E-state index in [-0.39, 0.29) is 5.25 Å². The van der Waals surface area contributed by atoms with Crippen molar-refractivity contribution in [3.8, 4) is 0 Å². The number of benzene rings is 1. The number of imidazole rings is 1. The van der Waals surface area contributed by atoms with E-state index in [9.17, 15) is 0 Å². The zero-order chi connectivity index (χ0) is 18.1. The molecule has 0 radical (unpaired) electrons. The van der Waals surface area contributed by atoms with Crippen LogP contribution in [0.5, 0.6) is 0 Å². The minimum absolute atomic E-state index is 0.0297. The summed E-state index contributed by atoms with van der Waals surface area (Å²) in [6.07, 6.45) is 10.1. The summed E-state index contributed by atoms with van der Waals surface area (Å²) in [6.45, 7) is 3.56. The van der Waals surface area contributed by atoms with Crippen molar-refractivity contribution >= 4 is 51.6 Å². The van der Waals surface area contributed by atoms with Crippen molar-refractivity contribution in [3.05, 3.63) is 52.5 Å². The average Bonchev–Trinajstić information content (AvgIpc) is 3.07. The van der Waals surface area contributed by atoms with Crippen LogP contribution in [0.2, 0.25) is 10.0 Å².